The second-order valence-electron chi connectivity index (χ2n) is 11.1. The molecule has 2 aliphatic rings. The number of dihydropyridines is 1. The summed E-state index contributed by atoms with van der Waals surface area (Å²) in [5.41, 5.74) is 0.293. The monoisotopic (exact) mass is 580 g/mol. The molecule has 11 heteroatoms. The Bertz CT molecular complexity index is 1570. The van der Waals surface area contributed by atoms with Crippen LogP contribution in [0.5, 0.6) is 5.75 Å². The molecule has 1 unspecified atom stereocenters. The number of halogens is 1. The molecule has 1 aromatic heterocycles. The molecule has 0 spiro atoms. The van der Waals surface area contributed by atoms with Crippen molar-refractivity contribution in [1.29, 1.82) is 0 Å². The van der Waals surface area contributed by atoms with Crippen molar-refractivity contribution in [3.8, 4) is 5.75 Å². The number of allylic oxidation sites excluding steroid dienone is 1. The Kier molecular flexibility index (Phi) is 8.55. The quantitative estimate of drug-likeness (QED) is 0.311. The van der Waals surface area contributed by atoms with Gasteiger partial charge in [-0.25, -0.2) is 22.8 Å². The van der Waals surface area contributed by atoms with Gasteiger partial charge in [0.15, 0.2) is 5.60 Å². The van der Waals surface area contributed by atoms with E-state index in [9.17, 15) is 8.42 Å². The normalized spacial score (nSPS) is 20.9. The van der Waals surface area contributed by atoms with Gasteiger partial charge in [-0.2, -0.15) is 0 Å². The summed E-state index contributed by atoms with van der Waals surface area (Å²) in [6.07, 6.45) is 9.72. The summed E-state index contributed by atoms with van der Waals surface area (Å²) in [5, 5.41) is 7.80. The van der Waals surface area contributed by atoms with Crippen LogP contribution in [0.4, 0.5) is 16.0 Å². The molecule has 41 heavy (non-hydrogen) atoms. The first-order valence-corrected chi connectivity index (χ1v) is 15.7. The number of rotatable bonds is 10. The molecule has 3 heterocycles. The molecule has 0 saturated carbocycles. The van der Waals surface area contributed by atoms with Crippen LogP contribution < -0.4 is 20.1 Å². The zero-order valence-electron chi connectivity index (χ0n) is 23.7. The number of sulfonamides is 1. The molecule has 0 radical (unpaired) electrons. The van der Waals surface area contributed by atoms with Crippen LogP contribution in [-0.2, 0) is 15.6 Å². The molecule has 2 aliphatic heterocycles. The number of nitrogens with one attached hydrogen (secondary N) is 3. The van der Waals surface area contributed by atoms with E-state index in [4.69, 9.17) is 9.72 Å². The minimum Gasteiger partial charge on any atom is -0.474 e. The smallest absolute Gasteiger partial charge is 0.232 e. The lowest BCUT2D eigenvalue weighted by Crippen LogP contribution is -2.40. The van der Waals surface area contributed by atoms with Gasteiger partial charge in [0, 0.05) is 35.8 Å². The number of aryl methyl sites for hydroxylation is 1. The van der Waals surface area contributed by atoms with Crippen molar-refractivity contribution in [2.75, 3.05) is 35.4 Å². The second-order valence-corrected chi connectivity index (χ2v) is 13.0. The predicted octanol–water partition coefficient (Wildman–Crippen LogP) is 4.94. The molecule has 0 bridgehead atoms. The molecular formula is C30H37FN6O3S. The van der Waals surface area contributed by atoms with Crippen LogP contribution >= 0.6 is 0 Å². The van der Waals surface area contributed by atoms with E-state index in [1.165, 1.54) is 6.07 Å². The van der Waals surface area contributed by atoms with Crippen LogP contribution in [-0.4, -0.2) is 56.0 Å². The maximum atomic E-state index is 15.1. The first kappa shape index (κ1) is 28.9. The second kappa shape index (κ2) is 12.1. The van der Waals surface area contributed by atoms with Crippen molar-refractivity contribution in [3.63, 3.8) is 0 Å². The zero-order valence-corrected chi connectivity index (χ0v) is 24.5. The van der Waals surface area contributed by atoms with E-state index in [1.807, 2.05) is 39.0 Å². The summed E-state index contributed by atoms with van der Waals surface area (Å²) < 4.78 is 50.0. The van der Waals surface area contributed by atoms with Crippen molar-refractivity contribution < 1.29 is 17.5 Å². The van der Waals surface area contributed by atoms with Crippen LogP contribution in [0.1, 0.15) is 44.4 Å². The highest BCUT2D eigenvalue weighted by Crippen LogP contribution is 2.40. The van der Waals surface area contributed by atoms with Gasteiger partial charge in [0.1, 0.15) is 11.6 Å². The molecule has 218 valence electrons. The lowest BCUT2D eigenvalue weighted by Gasteiger charge is -2.33. The third-order valence-electron chi connectivity index (χ3n) is 7.41. The first-order chi connectivity index (χ1) is 19.7. The summed E-state index contributed by atoms with van der Waals surface area (Å²) >= 11 is 0. The van der Waals surface area contributed by atoms with E-state index in [-0.39, 0.29) is 29.9 Å². The van der Waals surface area contributed by atoms with Gasteiger partial charge in [0.25, 0.3) is 0 Å². The predicted molar refractivity (Wildman–Crippen MR) is 162 cm³/mol. The number of aliphatic imine (C=N–C) groups is 1. The van der Waals surface area contributed by atoms with E-state index < -0.39 is 21.4 Å². The van der Waals surface area contributed by atoms with E-state index in [1.54, 1.807) is 30.6 Å². The number of anilines is 2. The SMILES string of the molecule is Cc1ccc2c(NS(=O)(=O)CCC(C)C)c(F)ccc2c1O[C@@]1(c2ccnc(NC3CCCNC3)n2)C=CC=NC1. The fraction of sp³-hybridized carbons (Fsp3) is 0.433. The number of nitrogens with zero attached hydrogens (tertiary/aromatic N) is 3. The topological polar surface area (TPSA) is 118 Å². The minimum absolute atomic E-state index is 0.0861. The van der Waals surface area contributed by atoms with E-state index in [0.717, 1.165) is 31.5 Å². The number of piperidine rings is 1. The average molecular weight is 581 g/mol. The van der Waals surface area contributed by atoms with Gasteiger partial charge in [0.05, 0.1) is 23.7 Å². The van der Waals surface area contributed by atoms with Crippen molar-refractivity contribution in [1.82, 2.24) is 15.3 Å². The van der Waals surface area contributed by atoms with Gasteiger partial charge in [-0.15, -0.1) is 0 Å². The fourth-order valence-electron chi connectivity index (χ4n) is 5.09. The van der Waals surface area contributed by atoms with Gasteiger partial charge < -0.3 is 15.4 Å². The molecule has 3 N–H and O–H groups in total. The Balaban J connectivity index is 1.52. The first-order valence-electron chi connectivity index (χ1n) is 14.1. The van der Waals surface area contributed by atoms with Gasteiger partial charge >= 0.3 is 0 Å². The molecular weight excluding hydrogens is 543 g/mol. The van der Waals surface area contributed by atoms with Crippen molar-refractivity contribution in [2.45, 2.75) is 51.7 Å². The van der Waals surface area contributed by atoms with Crippen LogP contribution in [0.15, 0.2) is 53.7 Å². The van der Waals surface area contributed by atoms with E-state index >= 15 is 4.39 Å². The van der Waals surface area contributed by atoms with Crippen molar-refractivity contribution in [2.24, 2.45) is 10.9 Å². The van der Waals surface area contributed by atoms with Crippen LogP contribution in [0, 0.1) is 18.7 Å². The number of fused-ring (bicyclic) bond motifs is 1. The van der Waals surface area contributed by atoms with Crippen LogP contribution in [0.2, 0.25) is 0 Å². The summed E-state index contributed by atoms with van der Waals surface area (Å²) in [6.45, 7) is 7.92. The van der Waals surface area contributed by atoms with E-state index in [0.29, 0.717) is 34.6 Å². The molecule has 5 rings (SSSR count). The highest BCUT2D eigenvalue weighted by Gasteiger charge is 2.36. The molecule has 1 saturated heterocycles. The van der Waals surface area contributed by atoms with Crippen molar-refractivity contribution in [3.05, 3.63) is 65.8 Å². The summed E-state index contributed by atoms with van der Waals surface area (Å²) in [7, 11) is -3.76. The Morgan fingerprint density at radius 3 is 2.76 bits per heavy atom. The molecule has 2 aromatic carbocycles. The Labute approximate surface area is 240 Å². The molecule has 3 aromatic rings. The standard InChI is InChI=1S/C30H37FN6O3S/c1-20(2)12-17-41(38,39)37-27-23-8-7-21(3)28(24(23)9-10-25(27)31)40-30(13-5-15-33-19-30)26-11-16-34-29(36-26)35-22-6-4-14-32-18-22/h5,7-11,13,15-16,20,22,32,37H,4,6,12,14,17-19H2,1-3H3,(H,34,35,36)/t22?,30-/m0/s1. The third-order valence-corrected chi connectivity index (χ3v) is 8.69. The van der Waals surface area contributed by atoms with Crippen LogP contribution in [0.25, 0.3) is 10.8 Å². The lowest BCUT2D eigenvalue weighted by molar-refractivity contribution is 0.124. The third kappa shape index (κ3) is 6.68. The fourth-order valence-corrected chi connectivity index (χ4v) is 6.49. The largest absolute Gasteiger partial charge is 0.474 e. The Hall–Kier alpha value is -3.57. The number of benzene rings is 2. The van der Waals surface area contributed by atoms with Gasteiger partial charge in [-0.1, -0.05) is 26.0 Å². The molecule has 9 nitrogen and oxygen atoms in total. The maximum Gasteiger partial charge on any atom is 0.232 e. The number of hydrogen-bond acceptors (Lipinski definition) is 8. The maximum absolute atomic E-state index is 15.1. The Morgan fingerprint density at radius 2 is 2.02 bits per heavy atom. The number of hydrogen-bond donors (Lipinski definition) is 3. The molecule has 1 fully saturated rings. The van der Waals surface area contributed by atoms with Gasteiger partial charge in [-0.3, -0.25) is 9.71 Å². The average Bonchev–Trinajstić information content (AvgIpc) is 2.96. The number of ether oxygens (including phenoxy) is 1. The Morgan fingerprint density at radius 1 is 1.20 bits per heavy atom. The zero-order chi connectivity index (χ0) is 29.0. The van der Waals surface area contributed by atoms with Crippen molar-refractivity contribution >= 4 is 38.6 Å². The summed E-state index contributed by atoms with van der Waals surface area (Å²) in [6, 6.07) is 8.44. The molecule has 0 aliphatic carbocycles. The molecule has 2 atom stereocenters. The molecule has 0 amide bonds. The van der Waals surface area contributed by atoms with Crippen LogP contribution in [0.3, 0.4) is 0 Å². The lowest BCUT2D eigenvalue weighted by atomic mass is 9.95. The summed E-state index contributed by atoms with van der Waals surface area (Å²) in [4.78, 5) is 13.8. The minimum atomic E-state index is -3.76. The summed E-state index contributed by atoms with van der Waals surface area (Å²) in [5.74, 6) is 0.461. The highest BCUT2D eigenvalue weighted by atomic mass is 32.2. The van der Waals surface area contributed by atoms with Gasteiger partial charge in [0.2, 0.25) is 16.0 Å². The van der Waals surface area contributed by atoms with Gasteiger partial charge in [-0.05, 0) is 74.6 Å². The number of aromatic nitrogens is 2. The van der Waals surface area contributed by atoms with E-state index in [2.05, 4.69) is 25.3 Å². The highest BCUT2D eigenvalue weighted by molar-refractivity contribution is 7.92.